The van der Waals surface area contributed by atoms with E-state index < -0.39 is 5.91 Å². The van der Waals surface area contributed by atoms with Gasteiger partial charge in [0.1, 0.15) is 0 Å². The van der Waals surface area contributed by atoms with E-state index in [0.717, 1.165) is 50.9 Å². The van der Waals surface area contributed by atoms with Gasteiger partial charge in [0.25, 0.3) is 5.91 Å². The molecule has 10 heteroatoms. The lowest BCUT2D eigenvalue weighted by atomic mass is 10.1. The van der Waals surface area contributed by atoms with E-state index in [4.69, 9.17) is 10.5 Å². The molecular weight excluding hydrogens is 499 g/mol. The van der Waals surface area contributed by atoms with E-state index in [1.807, 2.05) is 19.1 Å². The van der Waals surface area contributed by atoms with Crippen LogP contribution in [0.15, 0.2) is 29.3 Å². The predicted molar refractivity (Wildman–Crippen MR) is 128 cm³/mol. The van der Waals surface area contributed by atoms with Gasteiger partial charge in [0.2, 0.25) is 5.91 Å². The van der Waals surface area contributed by atoms with Gasteiger partial charge in [-0.2, -0.15) is 0 Å². The number of guanidine groups is 1. The molecule has 2 rings (SSSR count). The Labute approximate surface area is 195 Å². The Morgan fingerprint density at radius 3 is 2.43 bits per heavy atom. The van der Waals surface area contributed by atoms with E-state index >= 15 is 0 Å². The fraction of sp³-hybridized carbons (Fsp3) is 0.550. The zero-order valence-electron chi connectivity index (χ0n) is 17.6. The van der Waals surface area contributed by atoms with Crippen molar-refractivity contribution >= 4 is 41.8 Å². The summed E-state index contributed by atoms with van der Waals surface area (Å²) < 4.78 is 5.41. The molecule has 1 fully saturated rings. The standard InChI is InChI=1S/C20H32N6O3.HI/c1-3-22-20(24-12-15(2)26-8-10-29-11-9-26)25-13-16-4-6-17(7-5-16)19(28)23-14-18(21)27;/h4-7,15H,3,8-14H2,1-2H3,(H2,21,27)(H,23,28)(H2,22,24,25);1H. The minimum absolute atomic E-state index is 0. The maximum absolute atomic E-state index is 11.9. The third kappa shape index (κ3) is 9.26. The summed E-state index contributed by atoms with van der Waals surface area (Å²) in [6.45, 7) is 9.60. The molecule has 0 saturated carbocycles. The van der Waals surface area contributed by atoms with Crippen molar-refractivity contribution in [1.29, 1.82) is 0 Å². The number of nitrogens with two attached hydrogens (primary N) is 1. The summed E-state index contributed by atoms with van der Waals surface area (Å²) >= 11 is 0. The molecule has 1 atom stereocenters. The van der Waals surface area contributed by atoms with Crippen LogP contribution in [0.4, 0.5) is 0 Å². The Morgan fingerprint density at radius 2 is 1.83 bits per heavy atom. The summed E-state index contributed by atoms with van der Waals surface area (Å²) in [5.74, 6) is -0.141. The van der Waals surface area contributed by atoms with Crippen LogP contribution in [0.3, 0.4) is 0 Å². The highest BCUT2D eigenvalue weighted by Gasteiger charge is 2.17. The van der Waals surface area contributed by atoms with Crippen LogP contribution >= 0.6 is 24.0 Å². The number of amides is 2. The molecule has 1 heterocycles. The summed E-state index contributed by atoms with van der Waals surface area (Å²) in [6.07, 6.45) is 0. The summed E-state index contributed by atoms with van der Waals surface area (Å²) in [5.41, 5.74) is 6.49. The number of benzene rings is 1. The lowest BCUT2D eigenvalue weighted by Crippen LogP contribution is -2.49. The first kappa shape index (κ1) is 26.1. The second-order valence-electron chi connectivity index (χ2n) is 6.92. The van der Waals surface area contributed by atoms with E-state index in [1.165, 1.54) is 0 Å². The fourth-order valence-corrected chi connectivity index (χ4v) is 2.93. The number of hydrogen-bond acceptors (Lipinski definition) is 5. The van der Waals surface area contributed by atoms with Crippen molar-refractivity contribution in [3.8, 4) is 0 Å². The molecule has 0 spiro atoms. The molecule has 1 saturated heterocycles. The molecular formula is C20H33IN6O3. The number of hydrogen-bond donors (Lipinski definition) is 4. The number of nitrogens with zero attached hydrogens (tertiary/aromatic N) is 2. The molecule has 5 N–H and O–H groups in total. The van der Waals surface area contributed by atoms with Crippen LogP contribution in [0.1, 0.15) is 29.8 Å². The van der Waals surface area contributed by atoms with Crippen LogP contribution in [-0.4, -0.2) is 74.7 Å². The Morgan fingerprint density at radius 1 is 1.17 bits per heavy atom. The number of halogens is 1. The van der Waals surface area contributed by atoms with Gasteiger partial charge in [-0.3, -0.25) is 14.5 Å². The number of carbonyl (C=O) groups is 2. The first-order chi connectivity index (χ1) is 14.0. The third-order valence-corrected chi connectivity index (χ3v) is 4.64. The normalized spacial score (nSPS) is 15.6. The zero-order chi connectivity index (χ0) is 21.1. The third-order valence-electron chi connectivity index (χ3n) is 4.64. The van der Waals surface area contributed by atoms with Crippen molar-refractivity contribution in [2.75, 3.05) is 45.9 Å². The molecule has 1 aliphatic heterocycles. The monoisotopic (exact) mass is 532 g/mol. The SMILES string of the molecule is CCNC(=NCc1ccc(C(=O)NCC(N)=O)cc1)NCC(C)N1CCOCC1.I. The van der Waals surface area contributed by atoms with Crippen molar-refractivity contribution in [2.24, 2.45) is 10.7 Å². The van der Waals surface area contributed by atoms with Crippen LogP contribution in [-0.2, 0) is 16.1 Å². The Kier molecular flexibility index (Phi) is 12.3. The van der Waals surface area contributed by atoms with Crippen LogP contribution in [0.2, 0.25) is 0 Å². The fourth-order valence-electron chi connectivity index (χ4n) is 2.93. The van der Waals surface area contributed by atoms with Gasteiger partial charge in [0.05, 0.1) is 26.3 Å². The van der Waals surface area contributed by atoms with E-state index in [-0.39, 0.29) is 36.4 Å². The number of ether oxygens (including phenoxy) is 1. The van der Waals surface area contributed by atoms with Gasteiger partial charge in [0, 0.05) is 37.8 Å². The van der Waals surface area contributed by atoms with Crippen molar-refractivity contribution in [2.45, 2.75) is 26.4 Å². The van der Waals surface area contributed by atoms with Gasteiger partial charge in [-0.15, -0.1) is 24.0 Å². The molecule has 9 nitrogen and oxygen atoms in total. The minimum Gasteiger partial charge on any atom is -0.379 e. The number of rotatable bonds is 9. The van der Waals surface area contributed by atoms with Gasteiger partial charge < -0.3 is 26.4 Å². The van der Waals surface area contributed by atoms with Crippen LogP contribution in [0.5, 0.6) is 0 Å². The number of morpholine rings is 1. The average Bonchev–Trinajstić information content (AvgIpc) is 2.74. The van der Waals surface area contributed by atoms with Crippen LogP contribution < -0.4 is 21.7 Å². The first-order valence-electron chi connectivity index (χ1n) is 9.99. The van der Waals surface area contributed by atoms with Gasteiger partial charge >= 0.3 is 0 Å². The summed E-state index contributed by atoms with van der Waals surface area (Å²) in [5, 5.41) is 9.12. The number of primary amides is 1. The van der Waals surface area contributed by atoms with Crippen molar-refractivity contribution < 1.29 is 14.3 Å². The summed E-state index contributed by atoms with van der Waals surface area (Å²) in [4.78, 5) is 29.7. The summed E-state index contributed by atoms with van der Waals surface area (Å²) in [6, 6.07) is 7.51. The first-order valence-corrected chi connectivity index (χ1v) is 9.99. The summed E-state index contributed by atoms with van der Waals surface area (Å²) in [7, 11) is 0. The van der Waals surface area contributed by atoms with Crippen LogP contribution in [0, 0.1) is 0 Å². The van der Waals surface area contributed by atoms with Crippen molar-refractivity contribution in [3.63, 3.8) is 0 Å². The topological polar surface area (TPSA) is 121 Å². The Hall–Kier alpha value is -1.92. The molecule has 1 aliphatic rings. The number of nitrogens with one attached hydrogen (secondary N) is 3. The van der Waals surface area contributed by atoms with E-state index in [2.05, 4.69) is 32.8 Å². The molecule has 0 bridgehead atoms. The van der Waals surface area contributed by atoms with E-state index in [9.17, 15) is 9.59 Å². The lowest BCUT2D eigenvalue weighted by molar-refractivity contribution is -0.117. The minimum atomic E-state index is -0.573. The second kappa shape index (κ2) is 14.1. The molecule has 1 aromatic carbocycles. The molecule has 30 heavy (non-hydrogen) atoms. The van der Waals surface area contributed by atoms with Gasteiger partial charge in [-0.25, -0.2) is 4.99 Å². The number of carbonyl (C=O) groups excluding carboxylic acids is 2. The highest BCUT2D eigenvalue weighted by molar-refractivity contribution is 14.0. The maximum atomic E-state index is 11.9. The van der Waals surface area contributed by atoms with Crippen molar-refractivity contribution in [3.05, 3.63) is 35.4 Å². The highest BCUT2D eigenvalue weighted by atomic mass is 127. The second-order valence-corrected chi connectivity index (χ2v) is 6.92. The van der Waals surface area contributed by atoms with Gasteiger partial charge in [-0.1, -0.05) is 12.1 Å². The molecule has 2 amide bonds. The Balaban J connectivity index is 0.00000450. The smallest absolute Gasteiger partial charge is 0.251 e. The Bertz CT molecular complexity index is 692. The lowest BCUT2D eigenvalue weighted by Gasteiger charge is -2.32. The molecule has 0 radical (unpaired) electrons. The van der Waals surface area contributed by atoms with Crippen LogP contribution in [0.25, 0.3) is 0 Å². The number of aliphatic imine (C=N–C) groups is 1. The average molecular weight is 532 g/mol. The zero-order valence-corrected chi connectivity index (χ0v) is 20.0. The largest absolute Gasteiger partial charge is 0.379 e. The van der Waals surface area contributed by atoms with Gasteiger partial charge in [0.15, 0.2) is 5.96 Å². The molecule has 168 valence electrons. The van der Waals surface area contributed by atoms with Gasteiger partial charge in [-0.05, 0) is 31.5 Å². The van der Waals surface area contributed by atoms with E-state index in [0.29, 0.717) is 18.2 Å². The molecule has 0 aromatic heterocycles. The highest BCUT2D eigenvalue weighted by Crippen LogP contribution is 2.06. The molecule has 1 aromatic rings. The van der Waals surface area contributed by atoms with Crippen molar-refractivity contribution in [1.82, 2.24) is 20.9 Å². The quantitative estimate of drug-likeness (QED) is 0.206. The predicted octanol–water partition coefficient (Wildman–Crippen LogP) is 0.296. The maximum Gasteiger partial charge on any atom is 0.251 e. The molecule has 0 aliphatic carbocycles. The molecule has 1 unspecified atom stereocenters. The van der Waals surface area contributed by atoms with E-state index in [1.54, 1.807) is 12.1 Å².